The van der Waals surface area contributed by atoms with Crippen molar-refractivity contribution >= 4 is 0 Å². The van der Waals surface area contributed by atoms with Crippen molar-refractivity contribution in [3.8, 4) is 11.3 Å². The second-order valence-corrected chi connectivity index (χ2v) is 3.47. The van der Waals surface area contributed by atoms with Crippen LogP contribution in [0.4, 0.5) is 0 Å². The first kappa shape index (κ1) is 7.76. The van der Waals surface area contributed by atoms with Gasteiger partial charge in [-0.1, -0.05) is 24.3 Å². The lowest BCUT2D eigenvalue weighted by atomic mass is 10.0. The van der Waals surface area contributed by atoms with Crippen LogP contribution in [0.25, 0.3) is 11.3 Å². The van der Waals surface area contributed by atoms with Crippen molar-refractivity contribution in [2.24, 2.45) is 0 Å². The molecule has 1 atom stereocenters. The number of hydrogen-bond donors (Lipinski definition) is 1. The molecule has 0 amide bonds. The molecule has 0 saturated heterocycles. The van der Waals surface area contributed by atoms with Crippen molar-refractivity contribution in [1.82, 2.24) is 9.55 Å². The zero-order valence-electron chi connectivity index (χ0n) is 7.59. The molecule has 0 radical (unpaired) electrons. The minimum atomic E-state index is 0.0451. The van der Waals surface area contributed by atoms with Crippen molar-refractivity contribution in [3.05, 3.63) is 42.4 Å². The van der Waals surface area contributed by atoms with Gasteiger partial charge in [0.15, 0.2) is 0 Å². The molecule has 0 saturated carbocycles. The predicted molar refractivity (Wildman–Crippen MR) is 52.9 cm³/mol. The summed E-state index contributed by atoms with van der Waals surface area (Å²) in [7, 11) is 0. The van der Waals surface area contributed by atoms with Gasteiger partial charge < -0.3 is 9.67 Å². The smallest absolute Gasteiger partial charge is 0.0957 e. The fourth-order valence-electron chi connectivity index (χ4n) is 2.12. The van der Waals surface area contributed by atoms with E-state index in [4.69, 9.17) is 0 Å². The molecule has 0 unspecified atom stereocenters. The van der Waals surface area contributed by atoms with Crippen LogP contribution in [0.5, 0.6) is 0 Å². The van der Waals surface area contributed by atoms with E-state index in [1.54, 1.807) is 6.33 Å². The van der Waals surface area contributed by atoms with E-state index in [0.717, 1.165) is 5.69 Å². The Morgan fingerprint density at radius 2 is 2.21 bits per heavy atom. The number of aliphatic hydroxyl groups excluding tert-OH is 1. The van der Waals surface area contributed by atoms with Gasteiger partial charge in [0.2, 0.25) is 0 Å². The maximum Gasteiger partial charge on any atom is 0.0957 e. The van der Waals surface area contributed by atoms with E-state index in [1.807, 2.05) is 22.9 Å². The molecule has 2 heterocycles. The van der Waals surface area contributed by atoms with Gasteiger partial charge in [-0.25, -0.2) is 4.98 Å². The maximum atomic E-state index is 9.33. The predicted octanol–water partition coefficient (Wildman–Crippen LogP) is 1.45. The molecule has 1 aromatic heterocycles. The molecule has 0 fully saturated rings. The highest BCUT2D eigenvalue weighted by atomic mass is 16.3. The number of aliphatic hydroxyl groups is 1. The third kappa shape index (κ3) is 0.822. The lowest BCUT2D eigenvalue weighted by molar-refractivity contribution is 0.253. The normalized spacial score (nSPS) is 17.9. The molecule has 1 aliphatic rings. The van der Waals surface area contributed by atoms with E-state index >= 15 is 0 Å². The first-order valence-electron chi connectivity index (χ1n) is 4.64. The van der Waals surface area contributed by atoms with Gasteiger partial charge in [0, 0.05) is 5.56 Å². The Hall–Kier alpha value is -1.61. The molecule has 3 nitrogen and oxygen atoms in total. The van der Waals surface area contributed by atoms with Crippen molar-refractivity contribution in [2.75, 3.05) is 6.61 Å². The van der Waals surface area contributed by atoms with Crippen LogP contribution in [-0.2, 0) is 0 Å². The number of hydrogen-bond acceptors (Lipinski definition) is 2. The molecule has 0 bridgehead atoms. The summed E-state index contributed by atoms with van der Waals surface area (Å²) in [5.41, 5.74) is 3.47. The second-order valence-electron chi connectivity index (χ2n) is 3.47. The van der Waals surface area contributed by atoms with Crippen LogP contribution in [0.3, 0.4) is 0 Å². The Morgan fingerprint density at radius 1 is 1.36 bits per heavy atom. The topological polar surface area (TPSA) is 38.1 Å². The van der Waals surface area contributed by atoms with Gasteiger partial charge in [0.25, 0.3) is 0 Å². The SMILES string of the molecule is OC[C@@H]1c2ccccc2-c2cncn21. The van der Waals surface area contributed by atoms with Crippen molar-refractivity contribution < 1.29 is 5.11 Å². The molecule has 1 aliphatic heterocycles. The highest BCUT2D eigenvalue weighted by molar-refractivity contribution is 5.68. The van der Waals surface area contributed by atoms with Gasteiger partial charge in [0.05, 0.1) is 30.9 Å². The van der Waals surface area contributed by atoms with E-state index in [-0.39, 0.29) is 12.6 Å². The number of nitrogens with zero attached hydrogens (tertiary/aromatic N) is 2. The summed E-state index contributed by atoms with van der Waals surface area (Å²) >= 11 is 0. The Kier molecular flexibility index (Phi) is 1.49. The van der Waals surface area contributed by atoms with Gasteiger partial charge >= 0.3 is 0 Å². The summed E-state index contributed by atoms with van der Waals surface area (Å²) in [6, 6.07) is 8.18. The molecular formula is C11H10N2O. The van der Waals surface area contributed by atoms with Crippen molar-refractivity contribution in [1.29, 1.82) is 0 Å². The summed E-state index contributed by atoms with van der Waals surface area (Å²) in [4.78, 5) is 4.09. The molecule has 3 rings (SSSR count). The maximum absolute atomic E-state index is 9.33. The molecular weight excluding hydrogens is 176 g/mol. The Morgan fingerprint density at radius 3 is 3.07 bits per heavy atom. The van der Waals surface area contributed by atoms with Gasteiger partial charge in [-0.2, -0.15) is 0 Å². The highest BCUT2D eigenvalue weighted by Gasteiger charge is 2.26. The molecule has 3 heteroatoms. The molecule has 14 heavy (non-hydrogen) atoms. The van der Waals surface area contributed by atoms with E-state index in [2.05, 4.69) is 17.1 Å². The van der Waals surface area contributed by atoms with Gasteiger partial charge in [-0.15, -0.1) is 0 Å². The Balaban J connectivity index is 2.30. The summed E-state index contributed by atoms with van der Waals surface area (Å²) in [6.07, 6.45) is 3.62. The monoisotopic (exact) mass is 186 g/mol. The Bertz CT molecular complexity index is 476. The van der Waals surface area contributed by atoms with Gasteiger partial charge in [-0.3, -0.25) is 0 Å². The van der Waals surface area contributed by atoms with Crippen LogP contribution in [-0.4, -0.2) is 21.3 Å². The fraction of sp³-hybridized carbons (Fsp3) is 0.182. The number of imidazole rings is 1. The zero-order chi connectivity index (χ0) is 9.54. The first-order valence-corrected chi connectivity index (χ1v) is 4.64. The number of fused-ring (bicyclic) bond motifs is 3. The van der Waals surface area contributed by atoms with Crippen LogP contribution in [0.15, 0.2) is 36.8 Å². The van der Waals surface area contributed by atoms with E-state index in [9.17, 15) is 5.11 Å². The lowest BCUT2D eigenvalue weighted by Gasteiger charge is -2.10. The van der Waals surface area contributed by atoms with Crippen LogP contribution < -0.4 is 0 Å². The van der Waals surface area contributed by atoms with Crippen molar-refractivity contribution in [3.63, 3.8) is 0 Å². The quantitative estimate of drug-likeness (QED) is 0.731. The van der Waals surface area contributed by atoms with Crippen LogP contribution >= 0.6 is 0 Å². The first-order chi connectivity index (χ1) is 6.92. The summed E-state index contributed by atoms with van der Waals surface area (Å²) in [6.45, 7) is 0.125. The summed E-state index contributed by atoms with van der Waals surface area (Å²) < 4.78 is 2.02. The molecule has 1 aromatic carbocycles. The van der Waals surface area contributed by atoms with Gasteiger partial charge in [0.1, 0.15) is 0 Å². The highest BCUT2D eigenvalue weighted by Crippen LogP contribution is 2.38. The fourth-order valence-corrected chi connectivity index (χ4v) is 2.12. The Labute approximate surface area is 81.6 Å². The van der Waals surface area contributed by atoms with Crippen LogP contribution in [0.1, 0.15) is 11.6 Å². The minimum absolute atomic E-state index is 0.0451. The summed E-state index contributed by atoms with van der Waals surface area (Å²) in [5.74, 6) is 0. The number of rotatable bonds is 1. The minimum Gasteiger partial charge on any atom is -0.394 e. The largest absolute Gasteiger partial charge is 0.394 e. The molecule has 70 valence electrons. The van der Waals surface area contributed by atoms with Crippen LogP contribution in [0.2, 0.25) is 0 Å². The average molecular weight is 186 g/mol. The molecule has 1 N–H and O–H groups in total. The number of aromatic nitrogens is 2. The standard InChI is InChI=1S/C11H10N2O/c14-6-11-9-4-2-1-3-8(9)10-5-12-7-13(10)11/h1-5,7,11,14H,6H2/t11-/m1/s1. The van der Waals surface area contributed by atoms with Crippen molar-refractivity contribution in [2.45, 2.75) is 6.04 Å². The van der Waals surface area contributed by atoms with E-state index < -0.39 is 0 Å². The third-order valence-electron chi connectivity index (χ3n) is 2.77. The molecule has 0 spiro atoms. The number of benzene rings is 1. The average Bonchev–Trinajstić information content (AvgIpc) is 2.77. The summed E-state index contributed by atoms with van der Waals surface area (Å²) in [5, 5.41) is 9.33. The second kappa shape index (κ2) is 2.69. The van der Waals surface area contributed by atoms with E-state index in [0.29, 0.717) is 0 Å². The van der Waals surface area contributed by atoms with Crippen LogP contribution in [0, 0.1) is 0 Å². The molecule has 2 aromatic rings. The zero-order valence-corrected chi connectivity index (χ0v) is 7.59. The molecule has 0 aliphatic carbocycles. The third-order valence-corrected chi connectivity index (χ3v) is 2.77. The van der Waals surface area contributed by atoms with E-state index in [1.165, 1.54) is 11.1 Å². The van der Waals surface area contributed by atoms with Gasteiger partial charge in [-0.05, 0) is 5.56 Å². The lowest BCUT2D eigenvalue weighted by Crippen LogP contribution is -2.08.